The number of aryl methyl sites for hydroxylation is 2. The molecule has 0 radical (unpaired) electrons. The van der Waals surface area contributed by atoms with Crippen LogP contribution in [0.3, 0.4) is 0 Å². The number of fused-ring (bicyclic) bond motifs is 3. The van der Waals surface area contributed by atoms with Gasteiger partial charge in [0.1, 0.15) is 11.4 Å². The Morgan fingerprint density at radius 2 is 2.19 bits per heavy atom. The predicted molar refractivity (Wildman–Crippen MR) is 109 cm³/mol. The fourth-order valence-electron chi connectivity index (χ4n) is 3.37. The predicted octanol–water partition coefficient (Wildman–Crippen LogP) is 3.26. The molecule has 1 aliphatic rings. The maximum atomic E-state index is 13.3. The molecular formula is C19H24N4O2S2. The molecule has 144 valence electrons. The Morgan fingerprint density at radius 1 is 1.37 bits per heavy atom. The lowest BCUT2D eigenvalue weighted by atomic mass is 9.97. The average molecular weight is 405 g/mol. The van der Waals surface area contributed by atoms with Gasteiger partial charge in [-0.1, -0.05) is 31.5 Å². The standard InChI is InChI=1S/C19H24N4O2S2/c1-2-3-6-11-23-18(25)16-13-7-4-5-8-14(13)27-17(16)22-19(23)26-12-15(24)21-10-9-20/h2-8,10-12H2,1H3,(H,21,24). The first-order chi connectivity index (χ1) is 13.2. The Morgan fingerprint density at radius 3 is 2.96 bits per heavy atom. The lowest BCUT2D eigenvalue weighted by molar-refractivity contribution is -0.118. The lowest BCUT2D eigenvalue weighted by Crippen LogP contribution is -2.27. The van der Waals surface area contributed by atoms with Gasteiger partial charge >= 0.3 is 0 Å². The SMILES string of the molecule is CCCCCn1c(SCC(=O)NCC#N)nc2sc3c(c2c1=O)CCCC3. The van der Waals surface area contributed by atoms with E-state index in [1.807, 2.05) is 6.07 Å². The van der Waals surface area contributed by atoms with Gasteiger partial charge in [0.2, 0.25) is 5.91 Å². The molecule has 6 nitrogen and oxygen atoms in total. The Hall–Kier alpha value is -1.85. The summed E-state index contributed by atoms with van der Waals surface area (Å²) < 4.78 is 1.75. The van der Waals surface area contributed by atoms with Crippen molar-refractivity contribution in [1.29, 1.82) is 5.26 Å². The number of carbonyl (C=O) groups is 1. The van der Waals surface area contributed by atoms with Crippen molar-refractivity contribution in [1.82, 2.24) is 14.9 Å². The van der Waals surface area contributed by atoms with E-state index < -0.39 is 0 Å². The van der Waals surface area contributed by atoms with E-state index in [1.54, 1.807) is 15.9 Å². The van der Waals surface area contributed by atoms with Gasteiger partial charge in [0.15, 0.2) is 5.16 Å². The number of thiophene rings is 1. The highest BCUT2D eigenvalue weighted by atomic mass is 32.2. The molecule has 1 amide bonds. The van der Waals surface area contributed by atoms with Crippen LogP contribution in [0.4, 0.5) is 0 Å². The number of unbranched alkanes of at least 4 members (excludes halogenated alkanes) is 2. The molecule has 0 atom stereocenters. The first kappa shape index (κ1) is 19.9. The maximum absolute atomic E-state index is 13.3. The summed E-state index contributed by atoms with van der Waals surface area (Å²) in [6.45, 7) is 2.75. The minimum atomic E-state index is -0.221. The van der Waals surface area contributed by atoms with Crippen molar-refractivity contribution >= 4 is 39.2 Å². The average Bonchev–Trinajstić information content (AvgIpc) is 3.05. The number of hydrogen-bond acceptors (Lipinski definition) is 6. The molecule has 2 heterocycles. The maximum Gasteiger partial charge on any atom is 0.263 e. The van der Waals surface area contributed by atoms with Gasteiger partial charge in [-0.25, -0.2) is 4.98 Å². The first-order valence-electron chi connectivity index (χ1n) is 9.47. The van der Waals surface area contributed by atoms with Gasteiger partial charge in [-0.15, -0.1) is 11.3 Å². The number of amides is 1. The largest absolute Gasteiger partial charge is 0.342 e. The van der Waals surface area contributed by atoms with Crippen LogP contribution in [0.2, 0.25) is 0 Å². The minimum Gasteiger partial charge on any atom is -0.342 e. The van der Waals surface area contributed by atoms with E-state index >= 15 is 0 Å². The first-order valence-corrected chi connectivity index (χ1v) is 11.3. The van der Waals surface area contributed by atoms with Gasteiger partial charge in [-0.05, 0) is 37.7 Å². The zero-order valence-electron chi connectivity index (χ0n) is 15.5. The van der Waals surface area contributed by atoms with Crippen molar-refractivity contribution in [2.75, 3.05) is 12.3 Å². The molecule has 0 bridgehead atoms. The van der Waals surface area contributed by atoms with E-state index in [4.69, 9.17) is 10.2 Å². The van der Waals surface area contributed by atoms with Crippen LogP contribution in [-0.2, 0) is 24.2 Å². The van der Waals surface area contributed by atoms with Gasteiger partial charge in [0, 0.05) is 11.4 Å². The van der Waals surface area contributed by atoms with Crippen LogP contribution < -0.4 is 10.9 Å². The summed E-state index contributed by atoms with van der Waals surface area (Å²) in [5.74, 6) is -0.0696. The summed E-state index contributed by atoms with van der Waals surface area (Å²) in [5.41, 5.74) is 1.24. The van der Waals surface area contributed by atoms with E-state index in [0.29, 0.717) is 11.7 Å². The van der Waals surface area contributed by atoms with E-state index in [2.05, 4.69) is 12.2 Å². The van der Waals surface area contributed by atoms with Gasteiger partial charge in [0.05, 0.1) is 17.2 Å². The lowest BCUT2D eigenvalue weighted by Gasteiger charge is -2.13. The van der Waals surface area contributed by atoms with Crippen LogP contribution in [0.15, 0.2) is 9.95 Å². The molecule has 2 aromatic heterocycles. The van der Waals surface area contributed by atoms with Crippen molar-refractivity contribution < 1.29 is 4.79 Å². The summed E-state index contributed by atoms with van der Waals surface area (Å²) in [6, 6.07) is 1.89. The highest BCUT2D eigenvalue weighted by Gasteiger charge is 2.22. The molecule has 1 aliphatic carbocycles. The number of nitriles is 1. The highest BCUT2D eigenvalue weighted by molar-refractivity contribution is 7.99. The Kier molecular flexibility index (Phi) is 6.91. The van der Waals surface area contributed by atoms with E-state index in [0.717, 1.165) is 48.7 Å². The number of nitrogens with zero attached hydrogens (tertiary/aromatic N) is 3. The zero-order chi connectivity index (χ0) is 19.2. The summed E-state index contributed by atoms with van der Waals surface area (Å²) in [6.07, 6.45) is 7.35. The normalized spacial score (nSPS) is 13.3. The van der Waals surface area contributed by atoms with Crippen LogP contribution in [0, 0.1) is 11.3 Å². The van der Waals surface area contributed by atoms with Crippen LogP contribution in [0.25, 0.3) is 10.2 Å². The molecule has 0 unspecified atom stereocenters. The third kappa shape index (κ3) is 4.53. The quantitative estimate of drug-likeness (QED) is 0.316. The molecule has 0 fully saturated rings. The van der Waals surface area contributed by atoms with Crippen molar-refractivity contribution in [3.63, 3.8) is 0 Å². The van der Waals surface area contributed by atoms with Crippen LogP contribution in [-0.4, -0.2) is 27.8 Å². The molecule has 1 N–H and O–H groups in total. The molecule has 2 aromatic rings. The van der Waals surface area contributed by atoms with Gasteiger partial charge in [-0.2, -0.15) is 5.26 Å². The topological polar surface area (TPSA) is 87.8 Å². The van der Waals surface area contributed by atoms with Gasteiger partial charge in [-0.3, -0.25) is 14.2 Å². The number of aromatic nitrogens is 2. The number of thioether (sulfide) groups is 1. The fraction of sp³-hybridized carbons (Fsp3) is 0.579. The molecule has 0 saturated carbocycles. The van der Waals surface area contributed by atoms with Crippen molar-refractivity contribution in [3.8, 4) is 6.07 Å². The smallest absolute Gasteiger partial charge is 0.263 e. The Bertz CT molecular complexity index is 926. The second-order valence-corrected chi connectivity index (χ2v) is 8.70. The number of carbonyl (C=O) groups excluding carboxylic acids is 1. The monoisotopic (exact) mass is 404 g/mol. The van der Waals surface area contributed by atoms with Gasteiger partial charge < -0.3 is 5.32 Å². The molecule has 8 heteroatoms. The summed E-state index contributed by atoms with van der Waals surface area (Å²) in [7, 11) is 0. The van der Waals surface area contributed by atoms with E-state index in [-0.39, 0.29) is 23.8 Å². The third-order valence-corrected chi connectivity index (χ3v) is 6.88. The molecule has 0 aromatic carbocycles. The highest BCUT2D eigenvalue weighted by Crippen LogP contribution is 2.34. The fourth-order valence-corrected chi connectivity index (χ4v) is 5.52. The van der Waals surface area contributed by atoms with Crippen LogP contribution in [0.1, 0.15) is 49.5 Å². The second kappa shape index (κ2) is 9.38. The molecule has 3 rings (SSSR count). The summed E-state index contributed by atoms with van der Waals surface area (Å²) in [5, 5.41) is 12.5. The molecular weight excluding hydrogens is 380 g/mol. The van der Waals surface area contributed by atoms with Gasteiger partial charge in [0.25, 0.3) is 5.56 Å². The van der Waals surface area contributed by atoms with Crippen LogP contribution in [0.5, 0.6) is 0 Å². The molecule has 0 saturated heterocycles. The zero-order valence-corrected chi connectivity index (χ0v) is 17.2. The number of nitrogens with one attached hydrogen (secondary N) is 1. The van der Waals surface area contributed by atoms with Crippen LogP contribution >= 0.6 is 23.1 Å². The number of hydrogen-bond donors (Lipinski definition) is 1. The number of rotatable bonds is 8. The Balaban J connectivity index is 1.94. The molecule has 27 heavy (non-hydrogen) atoms. The van der Waals surface area contributed by atoms with E-state index in [9.17, 15) is 9.59 Å². The third-order valence-electron chi connectivity index (χ3n) is 4.72. The van der Waals surface area contributed by atoms with Crippen molar-refractivity contribution in [3.05, 3.63) is 20.8 Å². The van der Waals surface area contributed by atoms with E-state index in [1.165, 1.54) is 28.6 Å². The van der Waals surface area contributed by atoms with Crippen molar-refractivity contribution in [2.24, 2.45) is 0 Å². The Labute approximate surface area is 167 Å². The minimum absolute atomic E-state index is 0.00714. The molecule has 0 aliphatic heterocycles. The summed E-state index contributed by atoms with van der Waals surface area (Å²) in [4.78, 5) is 32.0. The summed E-state index contributed by atoms with van der Waals surface area (Å²) >= 11 is 2.91. The van der Waals surface area contributed by atoms with Crippen molar-refractivity contribution in [2.45, 2.75) is 63.6 Å². The second-order valence-electron chi connectivity index (χ2n) is 6.67. The molecule has 0 spiro atoms.